The molecule has 2 rings (SSSR count). The van der Waals surface area contributed by atoms with Crippen molar-refractivity contribution in [3.63, 3.8) is 0 Å². The zero-order chi connectivity index (χ0) is 14.5. The van der Waals surface area contributed by atoms with E-state index in [1.54, 1.807) is 18.1 Å². The zero-order valence-corrected chi connectivity index (χ0v) is 11.8. The summed E-state index contributed by atoms with van der Waals surface area (Å²) in [5, 5.41) is 9.71. The number of benzene rings is 1. The SMILES string of the molecule is COc1ccc(-c2cc(NC(=O)CN(C)C)n[nH]2)cc1. The Labute approximate surface area is 117 Å². The molecular formula is C14H18N4O2. The predicted octanol–water partition coefficient (Wildman–Crippen LogP) is 1.59. The van der Waals surface area contributed by atoms with Crippen LogP contribution in [0.2, 0.25) is 0 Å². The number of methoxy groups -OCH3 is 1. The van der Waals surface area contributed by atoms with Gasteiger partial charge in [0.05, 0.1) is 19.3 Å². The molecule has 0 fully saturated rings. The molecular weight excluding hydrogens is 256 g/mol. The average molecular weight is 274 g/mol. The summed E-state index contributed by atoms with van der Waals surface area (Å²) in [7, 11) is 5.31. The van der Waals surface area contributed by atoms with Crippen LogP contribution in [0.25, 0.3) is 11.3 Å². The molecule has 2 aromatic rings. The number of ether oxygens (including phenoxy) is 1. The van der Waals surface area contributed by atoms with Crippen LogP contribution in [-0.4, -0.2) is 48.8 Å². The van der Waals surface area contributed by atoms with Crippen LogP contribution in [-0.2, 0) is 4.79 Å². The summed E-state index contributed by atoms with van der Waals surface area (Å²) in [6, 6.07) is 9.41. The van der Waals surface area contributed by atoms with Crippen LogP contribution < -0.4 is 10.1 Å². The van der Waals surface area contributed by atoms with Crippen LogP contribution in [0.3, 0.4) is 0 Å². The van der Waals surface area contributed by atoms with Crippen molar-refractivity contribution in [3.8, 4) is 17.0 Å². The molecule has 1 aromatic heterocycles. The molecule has 0 aliphatic heterocycles. The quantitative estimate of drug-likeness (QED) is 0.868. The third-order valence-electron chi connectivity index (χ3n) is 2.71. The molecule has 0 atom stereocenters. The van der Waals surface area contributed by atoms with E-state index in [1.165, 1.54) is 0 Å². The number of aromatic amines is 1. The minimum Gasteiger partial charge on any atom is -0.497 e. The number of hydrogen-bond donors (Lipinski definition) is 2. The Kier molecular flexibility index (Phi) is 4.37. The lowest BCUT2D eigenvalue weighted by molar-refractivity contribution is -0.116. The van der Waals surface area contributed by atoms with E-state index in [0.717, 1.165) is 17.0 Å². The molecule has 1 amide bonds. The lowest BCUT2D eigenvalue weighted by Crippen LogP contribution is -2.27. The molecule has 0 saturated carbocycles. The van der Waals surface area contributed by atoms with E-state index >= 15 is 0 Å². The van der Waals surface area contributed by atoms with Gasteiger partial charge < -0.3 is 15.0 Å². The number of likely N-dealkylation sites (N-methyl/N-ethyl adjacent to an activating group) is 1. The third kappa shape index (κ3) is 3.58. The number of aromatic nitrogens is 2. The highest BCUT2D eigenvalue weighted by Gasteiger charge is 2.08. The van der Waals surface area contributed by atoms with Gasteiger partial charge in [-0.3, -0.25) is 9.89 Å². The van der Waals surface area contributed by atoms with Crippen molar-refractivity contribution in [2.24, 2.45) is 0 Å². The first-order valence-corrected chi connectivity index (χ1v) is 6.23. The number of carbonyl (C=O) groups is 1. The van der Waals surface area contributed by atoms with E-state index < -0.39 is 0 Å². The van der Waals surface area contributed by atoms with Crippen LogP contribution in [0.1, 0.15) is 0 Å². The van der Waals surface area contributed by atoms with Crippen molar-refractivity contribution in [3.05, 3.63) is 30.3 Å². The second-order valence-corrected chi connectivity index (χ2v) is 4.68. The lowest BCUT2D eigenvalue weighted by atomic mass is 10.1. The van der Waals surface area contributed by atoms with Gasteiger partial charge in [0, 0.05) is 6.07 Å². The van der Waals surface area contributed by atoms with E-state index in [0.29, 0.717) is 12.4 Å². The van der Waals surface area contributed by atoms with Crippen molar-refractivity contribution in [2.45, 2.75) is 0 Å². The maximum absolute atomic E-state index is 11.6. The number of nitrogens with one attached hydrogen (secondary N) is 2. The fraction of sp³-hybridized carbons (Fsp3) is 0.286. The van der Waals surface area contributed by atoms with Crippen LogP contribution in [0, 0.1) is 0 Å². The van der Waals surface area contributed by atoms with Gasteiger partial charge in [0.1, 0.15) is 5.75 Å². The number of hydrogen-bond acceptors (Lipinski definition) is 4. The minimum absolute atomic E-state index is 0.0946. The summed E-state index contributed by atoms with van der Waals surface area (Å²) in [4.78, 5) is 13.4. The molecule has 0 bridgehead atoms. The molecule has 0 aliphatic carbocycles. The lowest BCUT2D eigenvalue weighted by Gasteiger charge is -2.07. The first kappa shape index (κ1) is 14.1. The Bertz CT molecular complexity index is 575. The highest BCUT2D eigenvalue weighted by Crippen LogP contribution is 2.22. The van der Waals surface area contributed by atoms with E-state index in [4.69, 9.17) is 4.74 Å². The van der Waals surface area contributed by atoms with Gasteiger partial charge in [-0.05, 0) is 43.9 Å². The maximum Gasteiger partial charge on any atom is 0.239 e. The zero-order valence-electron chi connectivity index (χ0n) is 11.8. The van der Waals surface area contributed by atoms with Gasteiger partial charge in [-0.1, -0.05) is 0 Å². The van der Waals surface area contributed by atoms with Gasteiger partial charge in [0.15, 0.2) is 5.82 Å². The molecule has 0 radical (unpaired) electrons. The van der Waals surface area contributed by atoms with E-state index in [-0.39, 0.29) is 5.91 Å². The van der Waals surface area contributed by atoms with E-state index in [2.05, 4.69) is 15.5 Å². The van der Waals surface area contributed by atoms with Crippen molar-refractivity contribution in [2.75, 3.05) is 33.1 Å². The van der Waals surface area contributed by atoms with Gasteiger partial charge in [-0.15, -0.1) is 0 Å². The van der Waals surface area contributed by atoms with Crippen LogP contribution in [0.15, 0.2) is 30.3 Å². The average Bonchev–Trinajstić information content (AvgIpc) is 2.86. The number of anilines is 1. The van der Waals surface area contributed by atoms with Gasteiger partial charge in [0.2, 0.25) is 5.91 Å². The molecule has 6 nitrogen and oxygen atoms in total. The molecule has 2 N–H and O–H groups in total. The number of carbonyl (C=O) groups excluding carboxylic acids is 1. The largest absolute Gasteiger partial charge is 0.497 e. The smallest absolute Gasteiger partial charge is 0.239 e. The monoisotopic (exact) mass is 274 g/mol. The summed E-state index contributed by atoms with van der Waals surface area (Å²) < 4.78 is 5.11. The first-order chi connectivity index (χ1) is 9.58. The summed E-state index contributed by atoms with van der Waals surface area (Å²) in [5.41, 5.74) is 1.82. The van der Waals surface area contributed by atoms with Crippen molar-refractivity contribution >= 4 is 11.7 Å². The molecule has 0 spiro atoms. The van der Waals surface area contributed by atoms with Crippen LogP contribution in [0.5, 0.6) is 5.75 Å². The summed E-state index contributed by atoms with van der Waals surface area (Å²) in [5.74, 6) is 1.22. The Morgan fingerprint density at radius 2 is 2.05 bits per heavy atom. The number of amides is 1. The summed E-state index contributed by atoms with van der Waals surface area (Å²) >= 11 is 0. The summed E-state index contributed by atoms with van der Waals surface area (Å²) in [6.07, 6.45) is 0. The van der Waals surface area contributed by atoms with Gasteiger partial charge in [-0.2, -0.15) is 5.10 Å². The molecule has 106 valence electrons. The molecule has 1 aromatic carbocycles. The number of nitrogens with zero attached hydrogens (tertiary/aromatic N) is 2. The second-order valence-electron chi connectivity index (χ2n) is 4.68. The number of rotatable bonds is 5. The highest BCUT2D eigenvalue weighted by atomic mass is 16.5. The number of H-pyrrole nitrogens is 1. The fourth-order valence-electron chi connectivity index (χ4n) is 1.77. The van der Waals surface area contributed by atoms with Crippen LogP contribution >= 0.6 is 0 Å². The second kappa shape index (κ2) is 6.21. The standard InChI is InChI=1S/C14H18N4O2/c1-18(2)9-14(19)15-13-8-12(16-17-13)10-4-6-11(20-3)7-5-10/h4-8H,9H2,1-3H3,(H2,15,16,17,19). The minimum atomic E-state index is -0.0946. The van der Waals surface area contributed by atoms with E-state index in [1.807, 2.05) is 38.4 Å². The summed E-state index contributed by atoms with van der Waals surface area (Å²) in [6.45, 7) is 0.324. The molecule has 0 aliphatic rings. The molecule has 20 heavy (non-hydrogen) atoms. The molecule has 6 heteroatoms. The topological polar surface area (TPSA) is 70.2 Å². The predicted molar refractivity (Wildman–Crippen MR) is 77.8 cm³/mol. The highest BCUT2D eigenvalue weighted by molar-refractivity contribution is 5.91. The van der Waals surface area contributed by atoms with Gasteiger partial charge in [0.25, 0.3) is 0 Å². The van der Waals surface area contributed by atoms with Gasteiger partial charge in [-0.25, -0.2) is 0 Å². The van der Waals surface area contributed by atoms with Crippen molar-refractivity contribution in [1.29, 1.82) is 0 Å². The first-order valence-electron chi connectivity index (χ1n) is 6.23. The molecule has 1 heterocycles. The maximum atomic E-state index is 11.6. The Morgan fingerprint density at radius 3 is 2.65 bits per heavy atom. The fourth-order valence-corrected chi connectivity index (χ4v) is 1.77. The Hall–Kier alpha value is -2.34. The van der Waals surface area contributed by atoms with Crippen LogP contribution in [0.4, 0.5) is 5.82 Å². The van der Waals surface area contributed by atoms with E-state index in [9.17, 15) is 4.79 Å². The molecule has 0 unspecified atom stereocenters. The molecule has 0 saturated heterocycles. The third-order valence-corrected chi connectivity index (χ3v) is 2.71. The van der Waals surface area contributed by atoms with Gasteiger partial charge >= 0.3 is 0 Å². The van der Waals surface area contributed by atoms with Crippen molar-refractivity contribution < 1.29 is 9.53 Å². The van der Waals surface area contributed by atoms with Crippen molar-refractivity contribution in [1.82, 2.24) is 15.1 Å². The Morgan fingerprint density at radius 1 is 1.35 bits per heavy atom. The Balaban J connectivity index is 2.06. The normalized spacial score (nSPS) is 10.6.